The second-order valence-electron chi connectivity index (χ2n) is 3.79. The molecule has 2 unspecified atom stereocenters. The minimum Gasteiger partial charge on any atom is -0.481 e. The zero-order valence-corrected chi connectivity index (χ0v) is 9.20. The van der Waals surface area contributed by atoms with Crippen LogP contribution in [0.5, 0.6) is 0 Å². The number of hydrogen-bond acceptors (Lipinski definition) is 2. The van der Waals surface area contributed by atoms with Crippen LogP contribution in [0.3, 0.4) is 0 Å². The zero-order valence-electron chi connectivity index (χ0n) is 9.20. The van der Waals surface area contributed by atoms with Crippen LogP contribution in [-0.4, -0.2) is 22.8 Å². The van der Waals surface area contributed by atoms with E-state index in [-0.39, 0.29) is 12.5 Å². The Kier molecular flexibility index (Phi) is 7.48. The molecule has 0 spiro atoms. The van der Waals surface area contributed by atoms with E-state index in [0.717, 1.165) is 32.1 Å². The Morgan fingerprint density at radius 1 is 1.29 bits per heavy atom. The summed E-state index contributed by atoms with van der Waals surface area (Å²) in [6.45, 7) is 3.88. The van der Waals surface area contributed by atoms with E-state index in [9.17, 15) is 4.79 Å². The van der Waals surface area contributed by atoms with Crippen LogP contribution in [0.1, 0.15) is 46.0 Å². The van der Waals surface area contributed by atoms with Crippen LogP contribution in [0, 0.1) is 11.8 Å². The summed E-state index contributed by atoms with van der Waals surface area (Å²) < 4.78 is 0. The first-order valence-corrected chi connectivity index (χ1v) is 5.50. The molecule has 0 rings (SSSR count). The SMILES string of the molecule is CCCCCC(CC)C(CO)C(=O)O. The van der Waals surface area contributed by atoms with Gasteiger partial charge in [-0.05, 0) is 12.3 Å². The fourth-order valence-electron chi connectivity index (χ4n) is 1.78. The first-order chi connectivity index (χ1) is 6.67. The maximum atomic E-state index is 10.8. The van der Waals surface area contributed by atoms with Crippen LogP contribution in [0.4, 0.5) is 0 Å². The summed E-state index contributed by atoms with van der Waals surface area (Å²) in [6.07, 6.45) is 5.11. The lowest BCUT2D eigenvalue weighted by molar-refractivity contribution is -0.145. The number of carboxylic acids is 1. The maximum Gasteiger partial charge on any atom is 0.309 e. The second kappa shape index (κ2) is 7.80. The minimum atomic E-state index is -0.865. The zero-order chi connectivity index (χ0) is 11.0. The van der Waals surface area contributed by atoms with E-state index in [4.69, 9.17) is 10.2 Å². The van der Waals surface area contributed by atoms with Crippen molar-refractivity contribution in [1.29, 1.82) is 0 Å². The molecule has 0 radical (unpaired) electrons. The lowest BCUT2D eigenvalue weighted by atomic mass is 9.86. The predicted octanol–water partition coefficient (Wildman–Crippen LogP) is 2.29. The van der Waals surface area contributed by atoms with E-state index in [1.807, 2.05) is 6.92 Å². The first-order valence-electron chi connectivity index (χ1n) is 5.50. The van der Waals surface area contributed by atoms with Gasteiger partial charge in [-0.3, -0.25) is 4.79 Å². The Bertz CT molecular complexity index is 157. The van der Waals surface area contributed by atoms with Crippen LogP contribution < -0.4 is 0 Å². The summed E-state index contributed by atoms with van der Waals surface area (Å²) in [6, 6.07) is 0. The number of aliphatic carboxylic acids is 1. The van der Waals surface area contributed by atoms with Crippen molar-refractivity contribution < 1.29 is 15.0 Å². The average Bonchev–Trinajstić information content (AvgIpc) is 2.16. The van der Waals surface area contributed by atoms with Crippen molar-refractivity contribution >= 4 is 5.97 Å². The largest absolute Gasteiger partial charge is 0.481 e. The third-order valence-corrected chi connectivity index (χ3v) is 2.79. The molecule has 0 saturated carbocycles. The van der Waals surface area contributed by atoms with E-state index in [1.54, 1.807) is 0 Å². The fourth-order valence-corrected chi connectivity index (χ4v) is 1.78. The molecule has 3 nitrogen and oxygen atoms in total. The molecule has 2 atom stereocenters. The molecule has 84 valence electrons. The number of unbranched alkanes of at least 4 members (excludes halogenated alkanes) is 2. The molecule has 0 heterocycles. The average molecular weight is 202 g/mol. The van der Waals surface area contributed by atoms with Crippen molar-refractivity contribution in [3.63, 3.8) is 0 Å². The molecule has 2 N–H and O–H groups in total. The normalized spacial score (nSPS) is 15.1. The molecule has 0 aliphatic carbocycles. The smallest absolute Gasteiger partial charge is 0.309 e. The molecular formula is C11H22O3. The summed E-state index contributed by atoms with van der Waals surface area (Å²) in [5.41, 5.74) is 0. The third-order valence-electron chi connectivity index (χ3n) is 2.79. The number of aliphatic hydroxyl groups excluding tert-OH is 1. The van der Waals surface area contributed by atoms with E-state index in [2.05, 4.69) is 6.92 Å². The second-order valence-corrected chi connectivity index (χ2v) is 3.79. The van der Waals surface area contributed by atoms with Crippen molar-refractivity contribution in [1.82, 2.24) is 0 Å². The third kappa shape index (κ3) is 4.61. The molecule has 14 heavy (non-hydrogen) atoms. The van der Waals surface area contributed by atoms with Gasteiger partial charge in [0.1, 0.15) is 0 Å². The van der Waals surface area contributed by atoms with Crippen molar-refractivity contribution in [2.75, 3.05) is 6.61 Å². The lowest BCUT2D eigenvalue weighted by Crippen LogP contribution is -2.26. The van der Waals surface area contributed by atoms with Crippen LogP contribution in [0.25, 0.3) is 0 Å². The fraction of sp³-hybridized carbons (Fsp3) is 0.909. The summed E-state index contributed by atoms with van der Waals surface area (Å²) >= 11 is 0. The quantitative estimate of drug-likeness (QED) is 0.594. The molecule has 0 bridgehead atoms. The van der Waals surface area contributed by atoms with E-state index >= 15 is 0 Å². The Morgan fingerprint density at radius 2 is 1.93 bits per heavy atom. The van der Waals surface area contributed by atoms with Gasteiger partial charge in [-0.25, -0.2) is 0 Å². The highest BCUT2D eigenvalue weighted by molar-refractivity contribution is 5.70. The van der Waals surface area contributed by atoms with Crippen LogP contribution >= 0.6 is 0 Å². The van der Waals surface area contributed by atoms with E-state index < -0.39 is 11.9 Å². The van der Waals surface area contributed by atoms with Crippen molar-refractivity contribution in [3.05, 3.63) is 0 Å². The minimum absolute atomic E-state index is 0.129. The van der Waals surface area contributed by atoms with Gasteiger partial charge in [0.2, 0.25) is 0 Å². The number of carbonyl (C=O) groups is 1. The Morgan fingerprint density at radius 3 is 2.29 bits per heavy atom. The van der Waals surface area contributed by atoms with Gasteiger partial charge in [-0.15, -0.1) is 0 Å². The number of aliphatic hydroxyl groups is 1. The summed E-state index contributed by atoms with van der Waals surface area (Å²) in [4.78, 5) is 10.8. The molecule has 0 amide bonds. The molecular weight excluding hydrogens is 180 g/mol. The van der Waals surface area contributed by atoms with Crippen molar-refractivity contribution in [2.24, 2.45) is 11.8 Å². The van der Waals surface area contributed by atoms with Gasteiger partial charge >= 0.3 is 5.97 Å². The Labute approximate surface area is 86.1 Å². The van der Waals surface area contributed by atoms with Crippen LogP contribution in [0.15, 0.2) is 0 Å². The van der Waals surface area contributed by atoms with Gasteiger partial charge in [0.15, 0.2) is 0 Å². The molecule has 0 aliphatic rings. The highest BCUT2D eigenvalue weighted by Gasteiger charge is 2.25. The Hall–Kier alpha value is -0.570. The van der Waals surface area contributed by atoms with Gasteiger partial charge in [-0.2, -0.15) is 0 Å². The van der Waals surface area contributed by atoms with Crippen LogP contribution in [-0.2, 0) is 4.79 Å². The van der Waals surface area contributed by atoms with Gasteiger partial charge in [0, 0.05) is 0 Å². The topological polar surface area (TPSA) is 57.5 Å². The predicted molar refractivity (Wildman–Crippen MR) is 56.1 cm³/mol. The number of hydrogen-bond donors (Lipinski definition) is 2. The van der Waals surface area contributed by atoms with Crippen LogP contribution in [0.2, 0.25) is 0 Å². The summed E-state index contributed by atoms with van der Waals surface area (Å²) in [7, 11) is 0. The summed E-state index contributed by atoms with van der Waals surface area (Å²) in [5.74, 6) is -1.31. The number of rotatable bonds is 8. The van der Waals surface area contributed by atoms with Gasteiger partial charge in [0.05, 0.1) is 12.5 Å². The van der Waals surface area contributed by atoms with Gasteiger partial charge < -0.3 is 10.2 Å². The molecule has 0 aromatic rings. The van der Waals surface area contributed by atoms with E-state index in [0.29, 0.717) is 0 Å². The van der Waals surface area contributed by atoms with Crippen molar-refractivity contribution in [2.45, 2.75) is 46.0 Å². The highest BCUT2D eigenvalue weighted by atomic mass is 16.4. The molecule has 0 saturated heterocycles. The standard InChI is InChI=1S/C11H22O3/c1-3-5-6-7-9(4-2)10(8-12)11(13)14/h9-10,12H,3-8H2,1-2H3,(H,13,14). The van der Waals surface area contributed by atoms with E-state index in [1.165, 1.54) is 0 Å². The Balaban J connectivity index is 4.01. The summed E-state index contributed by atoms with van der Waals surface area (Å²) in [5, 5.41) is 17.8. The van der Waals surface area contributed by atoms with Gasteiger partial charge in [-0.1, -0.05) is 39.5 Å². The monoisotopic (exact) mass is 202 g/mol. The molecule has 0 aromatic carbocycles. The molecule has 0 aliphatic heterocycles. The first kappa shape index (κ1) is 13.4. The number of carboxylic acid groups (broad SMARTS) is 1. The maximum absolute atomic E-state index is 10.8. The molecule has 3 heteroatoms. The highest BCUT2D eigenvalue weighted by Crippen LogP contribution is 2.22. The molecule has 0 fully saturated rings. The lowest BCUT2D eigenvalue weighted by Gasteiger charge is -2.20. The van der Waals surface area contributed by atoms with Gasteiger partial charge in [0.25, 0.3) is 0 Å². The van der Waals surface area contributed by atoms with Crippen molar-refractivity contribution in [3.8, 4) is 0 Å². The molecule has 0 aromatic heterocycles.